The first-order chi connectivity index (χ1) is 8.84. The van der Waals surface area contributed by atoms with Crippen molar-refractivity contribution in [2.24, 2.45) is 0 Å². The molecule has 3 nitrogen and oxygen atoms in total. The van der Waals surface area contributed by atoms with Crippen molar-refractivity contribution < 1.29 is 9.15 Å². The van der Waals surface area contributed by atoms with E-state index in [2.05, 4.69) is 12.2 Å². The highest BCUT2D eigenvalue weighted by atomic mass is 16.5. The van der Waals surface area contributed by atoms with Crippen LogP contribution < -0.4 is 10.4 Å². The third-order valence-electron chi connectivity index (χ3n) is 3.76. The van der Waals surface area contributed by atoms with E-state index >= 15 is 0 Å². The molecule has 1 aromatic carbocycles. The molecule has 0 radical (unpaired) electrons. The van der Waals surface area contributed by atoms with Crippen molar-refractivity contribution in [3.8, 4) is 5.75 Å². The molecule has 4 rings (SSSR count). The maximum Gasteiger partial charge on any atom is 0.343 e. The van der Waals surface area contributed by atoms with Crippen LogP contribution in [-0.4, -0.2) is 6.10 Å². The highest BCUT2D eigenvalue weighted by Gasteiger charge is 2.38. The highest BCUT2D eigenvalue weighted by molar-refractivity contribution is 5.85. The Balaban J connectivity index is 2.06. The fourth-order valence-corrected chi connectivity index (χ4v) is 2.92. The summed E-state index contributed by atoms with van der Waals surface area (Å²) in [6.07, 6.45) is 6.26. The predicted molar refractivity (Wildman–Crippen MR) is 68.0 cm³/mol. The SMILES string of the molecule is O=c1oc2ccccc2c2c1C1C=CCCC1O2. The Kier molecular flexibility index (Phi) is 1.92. The maximum absolute atomic E-state index is 12.1. The van der Waals surface area contributed by atoms with E-state index in [0.29, 0.717) is 11.1 Å². The molecular formula is C15H12O3. The average molecular weight is 240 g/mol. The van der Waals surface area contributed by atoms with Crippen molar-refractivity contribution in [1.29, 1.82) is 0 Å². The van der Waals surface area contributed by atoms with E-state index in [9.17, 15) is 4.79 Å². The lowest BCUT2D eigenvalue weighted by atomic mass is 9.89. The van der Waals surface area contributed by atoms with Gasteiger partial charge in [-0.3, -0.25) is 0 Å². The van der Waals surface area contributed by atoms with Crippen molar-refractivity contribution in [3.05, 3.63) is 52.4 Å². The normalized spacial score (nSPS) is 24.7. The van der Waals surface area contributed by atoms with E-state index in [1.54, 1.807) is 6.07 Å². The fraction of sp³-hybridized carbons (Fsp3) is 0.267. The summed E-state index contributed by atoms with van der Waals surface area (Å²) in [4.78, 5) is 12.1. The molecule has 0 N–H and O–H groups in total. The van der Waals surface area contributed by atoms with Gasteiger partial charge in [-0.25, -0.2) is 4.79 Å². The van der Waals surface area contributed by atoms with Gasteiger partial charge < -0.3 is 9.15 Å². The number of hydrogen-bond acceptors (Lipinski definition) is 3. The molecular weight excluding hydrogens is 228 g/mol. The van der Waals surface area contributed by atoms with E-state index in [0.717, 1.165) is 24.0 Å². The molecule has 1 aliphatic heterocycles. The van der Waals surface area contributed by atoms with Crippen LogP contribution in [0.1, 0.15) is 24.3 Å². The largest absolute Gasteiger partial charge is 0.488 e. The van der Waals surface area contributed by atoms with E-state index in [-0.39, 0.29) is 17.6 Å². The van der Waals surface area contributed by atoms with Crippen LogP contribution in [0.3, 0.4) is 0 Å². The van der Waals surface area contributed by atoms with Crippen LogP contribution in [-0.2, 0) is 0 Å². The third-order valence-corrected chi connectivity index (χ3v) is 3.76. The summed E-state index contributed by atoms with van der Waals surface area (Å²) >= 11 is 0. The minimum atomic E-state index is -0.261. The van der Waals surface area contributed by atoms with Crippen molar-refractivity contribution in [2.45, 2.75) is 24.9 Å². The summed E-state index contributed by atoms with van der Waals surface area (Å²) in [7, 11) is 0. The molecule has 0 spiro atoms. The van der Waals surface area contributed by atoms with Crippen LogP contribution in [0.5, 0.6) is 5.75 Å². The summed E-state index contributed by atoms with van der Waals surface area (Å²) in [5, 5.41) is 0.898. The van der Waals surface area contributed by atoms with Gasteiger partial charge in [-0.15, -0.1) is 0 Å². The zero-order chi connectivity index (χ0) is 12.1. The first-order valence-corrected chi connectivity index (χ1v) is 6.23. The highest BCUT2D eigenvalue weighted by Crippen LogP contribution is 2.44. The van der Waals surface area contributed by atoms with Gasteiger partial charge in [-0.1, -0.05) is 24.3 Å². The van der Waals surface area contributed by atoms with Gasteiger partial charge in [0.1, 0.15) is 17.4 Å². The molecule has 3 heteroatoms. The third kappa shape index (κ3) is 1.22. The van der Waals surface area contributed by atoms with E-state index in [4.69, 9.17) is 9.15 Å². The van der Waals surface area contributed by atoms with Gasteiger partial charge in [-0.2, -0.15) is 0 Å². The summed E-state index contributed by atoms with van der Waals surface area (Å²) < 4.78 is 11.4. The first-order valence-electron chi connectivity index (χ1n) is 6.23. The molecule has 2 aliphatic rings. The molecule has 0 fully saturated rings. The minimum absolute atomic E-state index is 0.0645. The second kappa shape index (κ2) is 3.48. The second-order valence-electron chi connectivity index (χ2n) is 4.82. The zero-order valence-electron chi connectivity index (χ0n) is 9.76. The Morgan fingerprint density at radius 3 is 3.06 bits per heavy atom. The van der Waals surface area contributed by atoms with Crippen LogP contribution >= 0.6 is 0 Å². The number of rotatable bonds is 0. The Bertz CT molecular complexity index is 711. The molecule has 0 bridgehead atoms. The lowest BCUT2D eigenvalue weighted by Gasteiger charge is -2.18. The number of fused-ring (bicyclic) bond motifs is 5. The first kappa shape index (κ1) is 9.95. The average Bonchev–Trinajstić information content (AvgIpc) is 2.79. The molecule has 18 heavy (non-hydrogen) atoms. The standard InChI is InChI=1S/C15H12O3/c16-15-13-9-5-1-3-7-11(9)17-14(13)10-6-2-4-8-12(10)18-15/h1-2,4-6,8-9,11H,3,7H2. The molecule has 1 aromatic heterocycles. The molecule has 0 saturated heterocycles. The summed E-state index contributed by atoms with van der Waals surface area (Å²) in [5.74, 6) is 0.790. The van der Waals surface area contributed by atoms with Gasteiger partial charge in [0, 0.05) is 5.92 Å². The smallest absolute Gasteiger partial charge is 0.343 e. The number of benzene rings is 1. The van der Waals surface area contributed by atoms with Gasteiger partial charge in [0.25, 0.3) is 0 Å². The van der Waals surface area contributed by atoms with Crippen LogP contribution in [0, 0.1) is 0 Å². The quantitative estimate of drug-likeness (QED) is 0.525. The number of ether oxygens (including phenoxy) is 1. The molecule has 1 aliphatic carbocycles. The maximum atomic E-state index is 12.1. The predicted octanol–water partition coefficient (Wildman–Crippen LogP) is 2.99. The Labute approximate surface area is 104 Å². The lowest BCUT2D eigenvalue weighted by molar-refractivity contribution is 0.206. The van der Waals surface area contributed by atoms with Crippen LogP contribution in [0.4, 0.5) is 0 Å². The number of hydrogen-bond donors (Lipinski definition) is 0. The van der Waals surface area contributed by atoms with Crippen molar-refractivity contribution in [1.82, 2.24) is 0 Å². The molecule has 2 atom stereocenters. The van der Waals surface area contributed by atoms with E-state index in [1.165, 1.54) is 0 Å². The monoisotopic (exact) mass is 240 g/mol. The molecule has 0 amide bonds. The zero-order valence-corrected chi connectivity index (χ0v) is 9.76. The van der Waals surface area contributed by atoms with Gasteiger partial charge in [0.15, 0.2) is 0 Å². The number of para-hydroxylation sites is 1. The van der Waals surface area contributed by atoms with Crippen LogP contribution in [0.15, 0.2) is 45.6 Å². The molecule has 2 aromatic rings. The van der Waals surface area contributed by atoms with Crippen molar-refractivity contribution in [3.63, 3.8) is 0 Å². The lowest BCUT2D eigenvalue weighted by Crippen LogP contribution is -2.21. The topological polar surface area (TPSA) is 39.4 Å². The summed E-state index contributed by atoms with van der Waals surface area (Å²) in [6.45, 7) is 0. The summed E-state index contributed by atoms with van der Waals surface area (Å²) in [6, 6.07) is 7.54. The molecule has 2 unspecified atom stereocenters. The van der Waals surface area contributed by atoms with Crippen molar-refractivity contribution in [2.75, 3.05) is 0 Å². The molecule has 90 valence electrons. The van der Waals surface area contributed by atoms with Crippen LogP contribution in [0.2, 0.25) is 0 Å². The Morgan fingerprint density at radius 1 is 1.22 bits per heavy atom. The van der Waals surface area contributed by atoms with E-state index in [1.807, 2.05) is 18.2 Å². The second-order valence-corrected chi connectivity index (χ2v) is 4.82. The van der Waals surface area contributed by atoms with Gasteiger partial charge >= 0.3 is 5.63 Å². The van der Waals surface area contributed by atoms with Gasteiger partial charge in [-0.05, 0) is 25.0 Å². The number of allylic oxidation sites excluding steroid dienone is 1. The van der Waals surface area contributed by atoms with Gasteiger partial charge in [0.05, 0.1) is 10.9 Å². The molecule has 0 saturated carbocycles. The van der Waals surface area contributed by atoms with Crippen LogP contribution in [0.25, 0.3) is 11.0 Å². The van der Waals surface area contributed by atoms with Crippen molar-refractivity contribution >= 4 is 11.0 Å². The fourth-order valence-electron chi connectivity index (χ4n) is 2.92. The Morgan fingerprint density at radius 2 is 2.11 bits per heavy atom. The van der Waals surface area contributed by atoms with Gasteiger partial charge in [0.2, 0.25) is 0 Å². The van der Waals surface area contributed by atoms with E-state index < -0.39 is 0 Å². The Hall–Kier alpha value is -2.03. The summed E-state index contributed by atoms with van der Waals surface area (Å²) in [5.41, 5.74) is 1.03. The minimum Gasteiger partial charge on any atom is -0.488 e. The molecule has 2 heterocycles.